The van der Waals surface area contributed by atoms with Crippen LogP contribution in [0.25, 0.3) is 22.7 Å². The molecule has 0 atom stereocenters. The van der Waals surface area contributed by atoms with Crippen molar-refractivity contribution in [2.45, 2.75) is 90.4 Å². The number of benzene rings is 4. The molecule has 0 unspecified atom stereocenters. The second-order valence-corrected chi connectivity index (χ2v) is 20.6. The summed E-state index contributed by atoms with van der Waals surface area (Å²) in [5.74, 6) is 0.756. The number of nitro benzene ring substituents is 4. The van der Waals surface area contributed by atoms with Crippen molar-refractivity contribution in [2.24, 2.45) is 5.73 Å². The molecule has 0 amide bonds. The number of halogens is 2. The van der Waals surface area contributed by atoms with E-state index in [0.29, 0.717) is 17.3 Å². The average molecular weight is 1280 g/mol. The molecule has 4 aliphatic rings. The summed E-state index contributed by atoms with van der Waals surface area (Å²) in [7, 11) is 4.73. The number of nitrogens with two attached hydrogens (primary N) is 1. The predicted octanol–water partition coefficient (Wildman–Crippen LogP) is 7.21. The van der Waals surface area contributed by atoms with E-state index in [4.69, 9.17) is 23.2 Å². The summed E-state index contributed by atoms with van der Waals surface area (Å²) in [6.45, 7) is 0. The molecule has 4 aromatic carbocycles. The minimum Gasteiger partial charge on any atom is -0.374 e. The highest BCUT2D eigenvalue weighted by Gasteiger charge is 2.32. The third-order valence-electron chi connectivity index (χ3n) is 13.8. The maximum absolute atomic E-state index is 12.6. The molecule has 474 valence electrons. The van der Waals surface area contributed by atoms with Gasteiger partial charge in [-0.3, -0.25) is 82.5 Å². The van der Waals surface area contributed by atoms with Crippen LogP contribution in [0.2, 0.25) is 10.3 Å². The van der Waals surface area contributed by atoms with Gasteiger partial charge in [-0.25, -0.2) is 32.9 Å². The minimum atomic E-state index is -0.609. The summed E-state index contributed by atoms with van der Waals surface area (Å²) < 4.78 is 9.48. The molecule has 8 aromatic rings. The van der Waals surface area contributed by atoms with Gasteiger partial charge in [0.15, 0.2) is 0 Å². The summed E-state index contributed by atoms with van der Waals surface area (Å²) in [6.07, 6.45) is 6.53. The molecule has 4 heterocycles. The standard InChI is InChI=1S/2C14H14N4O4.2C13H10ClN3O4.CH5N.2CH4/c1-15-12-8-13(19)17(9-5-6-9)14(20)16(12)10-3-2-4-11(7-10)18(21)22;1-15-12-8-13(19)17(14(20)16(12)9-5-6-9)10-3-2-4-11(7-10)18(21)22;14-11-7-12(18)16(8-4-5-8)13(19)15(11)9-2-1-3-10(6-9)17(20)21;14-11-7-12(18)16(13(19)15(11)8-4-5-8)9-2-1-3-10(6-9)17(20)21;1-2;;/h2*2-4,7-9,15H,5-6H2,1H3;2*1-3,6-8H,4-5H2;2H2,1H3;2*1H4. The first-order valence-electron chi connectivity index (χ1n) is 26.8. The fourth-order valence-electron chi connectivity index (χ4n) is 9.18. The third kappa shape index (κ3) is 15.0. The lowest BCUT2D eigenvalue weighted by Gasteiger charge is -2.14. The van der Waals surface area contributed by atoms with E-state index in [2.05, 4.69) is 16.4 Å². The van der Waals surface area contributed by atoms with Gasteiger partial charge in [0, 0.05) is 111 Å². The van der Waals surface area contributed by atoms with Gasteiger partial charge in [0.25, 0.3) is 45.0 Å². The first kappa shape index (κ1) is 68.5. The zero-order chi connectivity index (χ0) is 64.0. The summed E-state index contributed by atoms with van der Waals surface area (Å²) in [4.78, 5) is 140. The third-order valence-corrected chi connectivity index (χ3v) is 14.4. The van der Waals surface area contributed by atoms with Gasteiger partial charge in [0.1, 0.15) is 21.9 Å². The number of aromatic nitrogens is 8. The van der Waals surface area contributed by atoms with Crippen LogP contribution in [0.3, 0.4) is 0 Å². The second kappa shape index (κ2) is 28.9. The maximum Gasteiger partial charge on any atom is 0.337 e. The highest BCUT2D eigenvalue weighted by atomic mass is 35.5. The Morgan fingerprint density at radius 2 is 0.656 bits per heavy atom. The van der Waals surface area contributed by atoms with E-state index in [1.54, 1.807) is 20.2 Å². The Balaban J connectivity index is 0.000000188. The van der Waals surface area contributed by atoms with E-state index in [1.807, 2.05) is 0 Å². The van der Waals surface area contributed by atoms with Crippen LogP contribution in [0.5, 0.6) is 0 Å². The number of nitrogens with one attached hydrogen (secondary N) is 2. The second-order valence-electron chi connectivity index (χ2n) is 19.8. The van der Waals surface area contributed by atoms with Gasteiger partial charge >= 0.3 is 22.8 Å². The van der Waals surface area contributed by atoms with Crippen molar-refractivity contribution in [1.82, 2.24) is 36.5 Å². The molecular formula is C57H61Cl2N15O16. The van der Waals surface area contributed by atoms with Gasteiger partial charge in [0.2, 0.25) is 0 Å². The molecule has 4 saturated carbocycles. The molecule has 4 N–H and O–H groups in total. The number of hydrogen-bond donors (Lipinski definition) is 3. The zero-order valence-electron chi connectivity index (χ0n) is 46.7. The van der Waals surface area contributed by atoms with Gasteiger partial charge in [-0.15, -0.1) is 0 Å². The Bertz CT molecular complexity index is 4590. The molecule has 4 aromatic heterocycles. The van der Waals surface area contributed by atoms with Gasteiger partial charge < -0.3 is 16.4 Å². The first-order valence-corrected chi connectivity index (χ1v) is 27.6. The van der Waals surface area contributed by atoms with E-state index in [0.717, 1.165) is 81.8 Å². The number of nitrogens with zero attached hydrogens (tertiary/aromatic N) is 12. The van der Waals surface area contributed by atoms with Crippen LogP contribution in [0, 0.1) is 40.5 Å². The SMILES string of the molecule is C.C.CN.CNc1cc(=O)n(-c2cccc([N+](=O)[O-])c2)c(=O)n1C1CC1.CNc1cc(=O)n(C2CC2)c(=O)n1-c1cccc([N+](=O)[O-])c1.O=c1cc(Cl)n(-c2cccc([N+](=O)[O-])c2)c(=O)n1C1CC1.O=c1cc(Cl)n(C2CC2)c(=O)n1-c1cccc([N+](=O)[O-])c1. The Morgan fingerprint density at radius 1 is 0.378 bits per heavy atom. The van der Waals surface area contributed by atoms with E-state index in [1.165, 1.54) is 128 Å². The average Bonchev–Trinajstić information content (AvgIpc) is 1.50. The minimum absolute atomic E-state index is 0. The van der Waals surface area contributed by atoms with Crippen LogP contribution in [-0.4, -0.2) is 77.4 Å². The van der Waals surface area contributed by atoms with Crippen molar-refractivity contribution in [2.75, 3.05) is 31.8 Å². The topological polar surface area (TPSA) is 399 Å². The zero-order valence-corrected chi connectivity index (χ0v) is 48.3. The van der Waals surface area contributed by atoms with E-state index in [-0.39, 0.29) is 94.7 Å². The van der Waals surface area contributed by atoms with Gasteiger partial charge in [-0.1, -0.05) is 62.3 Å². The molecule has 0 saturated heterocycles. The molecule has 0 spiro atoms. The predicted molar refractivity (Wildman–Crippen MR) is 338 cm³/mol. The first-order chi connectivity index (χ1) is 42.0. The number of anilines is 2. The monoisotopic (exact) mass is 1280 g/mol. The Hall–Kier alpha value is -10.7. The molecule has 31 nitrogen and oxygen atoms in total. The van der Waals surface area contributed by atoms with Crippen LogP contribution >= 0.6 is 23.2 Å². The van der Waals surface area contributed by atoms with Crippen molar-refractivity contribution in [3.8, 4) is 22.7 Å². The van der Waals surface area contributed by atoms with E-state index < -0.39 is 59.1 Å². The lowest BCUT2D eigenvalue weighted by atomic mass is 10.2. The smallest absolute Gasteiger partial charge is 0.337 e. The molecule has 0 bridgehead atoms. The lowest BCUT2D eigenvalue weighted by molar-refractivity contribution is -0.385. The molecule has 0 aliphatic heterocycles. The maximum atomic E-state index is 12.6. The van der Waals surface area contributed by atoms with Crippen LogP contribution < -0.4 is 61.4 Å². The number of nitro groups is 4. The van der Waals surface area contributed by atoms with Crippen molar-refractivity contribution in [3.05, 3.63) is 255 Å². The molecule has 4 fully saturated rings. The van der Waals surface area contributed by atoms with Crippen LogP contribution in [-0.2, 0) is 0 Å². The molecule has 33 heteroatoms. The Kier molecular flexibility index (Phi) is 22.0. The molecule has 0 radical (unpaired) electrons. The van der Waals surface area contributed by atoms with Crippen LogP contribution in [0.4, 0.5) is 34.4 Å². The Labute approximate surface area is 517 Å². The van der Waals surface area contributed by atoms with Crippen molar-refractivity contribution in [3.63, 3.8) is 0 Å². The summed E-state index contributed by atoms with van der Waals surface area (Å²) >= 11 is 11.9. The fourth-order valence-corrected chi connectivity index (χ4v) is 9.74. The highest BCUT2D eigenvalue weighted by molar-refractivity contribution is 6.30. The fraction of sp³-hybridized carbons (Fsp3) is 0.298. The highest BCUT2D eigenvalue weighted by Crippen LogP contribution is 2.37. The van der Waals surface area contributed by atoms with Crippen molar-refractivity contribution >= 4 is 57.6 Å². The van der Waals surface area contributed by atoms with E-state index >= 15 is 0 Å². The van der Waals surface area contributed by atoms with Crippen LogP contribution in [0.1, 0.15) is 90.4 Å². The number of non-ortho nitro benzene ring substituents is 4. The van der Waals surface area contributed by atoms with Crippen molar-refractivity contribution in [1.29, 1.82) is 0 Å². The quantitative estimate of drug-likeness (QED) is 0.0550. The van der Waals surface area contributed by atoms with Gasteiger partial charge in [0.05, 0.1) is 42.4 Å². The van der Waals surface area contributed by atoms with Gasteiger partial charge in [-0.2, -0.15) is 0 Å². The normalized spacial score (nSPS) is 13.4. The number of rotatable bonds is 14. The van der Waals surface area contributed by atoms with Crippen molar-refractivity contribution < 1.29 is 19.7 Å². The summed E-state index contributed by atoms with van der Waals surface area (Å²) in [5, 5.41) is 49.1. The number of hydrogen-bond acceptors (Lipinski definition) is 19. The summed E-state index contributed by atoms with van der Waals surface area (Å²) in [6, 6.07) is 27.1. The molecular weight excluding hydrogens is 1220 g/mol. The largest absolute Gasteiger partial charge is 0.374 e. The Morgan fingerprint density at radius 3 is 1.02 bits per heavy atom. The molecule has 90 heavy (non-hydrogen) atoms. The van der Waals surface area contributed by atoms with Gasteiger partial charge in [-0.05, 0) is 82.7 Å². The van der Waals surface area contributed by atoms with E-state index in [9.17, 15) is 78.8 Å². The van der Waals surface area contributed by atoms with Crippen LogP contribution in [0.15, 0.2) is 160 Å². The molecule has 4 aliphatic carbocycles. The summed E-state index contributed by atoms with van der Waals surface area (Å²) in [5.41, 5.74) is 0.770. The molecule has 12 rings (SSSR count). The lowest BCUT2D eigenvalue weighted by Crippen LogP contribution is -2.39.